The highest BCUT2D eigenvalue weighted by Gasteiger charge is 2.38. The van der Waals surface area contributed by atoms with E-state index in [1.807, 2.05) is 53.6 Å². The van der Waals surface area contributed by atoms with Gasteiger partial charge in [0.25, 0.3) is 5.91 Å². The summed E-state index contributed by atoms with van der Waals surface area (Å²) in [6, 6.07) is 11.2. The van der Waals surface area contributed by atoms with Crippen LogP contribution in [-0.4, -0.2) is 42.5 Å². The summed E-state index contributed by atoms with van der Waals surface area (Å²) in [5, 5.41) is 0. The van der Waals surface area contributed by atoms with Crippen molar-refractivity contribution in [1.82, 2.24) is 9.88 Å². The molecule has 6 heteroatoms. The van der Waals surface area contributed by atoms with Gasteiger partial charge >= 0.3 is 5.97 Å². The molecule has 0 aliphatic carbocycles. The molecule has 1 fully saturated rings. The highest BCUT2D eigenvalue weighted by atomic mass is 16.5. The third-order valence-electron chi connectivity index (χ3n) is 5.50. The first-order valence-corrected chi connectivity index (χ1v) is 10.2. The largest absolute Gasteiger partial charge is 0.496 e. The van der Waals surface area contributed by atoms with E-state index in [-0.39, 0.29) is 23.8 Å². The molecule has 0 radical (unpaired) electrons. The van der Waals surface area contributed by atoms with Gasteiger partial charge in [0.15, 0.2) is 0 Å². The minimum Gasteiger partial charge on any atom is -0.496 e. The summed E-state index contributed by atoms with van der Waals surface area (Å²) in [7, 11) is 2.98. The van der Waals surface area contributed by atoms with Crippen LogP contribution in [0.25, 0.3) is 0 Å². The Kier molecular flexibility index (Phi) is 7.60. The Morgan fingerprint density at radius 1 is 1.17 bits per heavy atom. The normalized spacial score (nSPS) is 18.5. The van der Waals surface area contributed by atoms with Crippen molar-refractivity contribution in [3.05, 3.63) is 72.1 Å². The number of para-hydroxylation sites is 1. The van der Waals surface area contributed by atoms with Crippen LogP contribution in [0, 0.1) is 5.92 Å². The number of amides is 1. The fourth-order valence-electron chi connectivity index (χ4n) is 4.00. The summed E-state index contributed by atoms with van der Waals surface area (Å²) in [6.07, 6.45) is 10.5. The fourth-order valence-corrected chi connectivity index (χ4v) is 4.00. The Labute approximate surface area is 177 Å². The van der Waals surface area contributed by atoms with Crippen molar-refractivity contribution in [2.45, 2.75) is 31.7 Å². The zero-order chi connectivity index (χ0) is 21.3. The Morgan fingerprint density at radius 3 is 2.73 bits per heavy atom. The molecule has 2 atom stereocenters. The second-order valence-electron chi connectivity index (χ2n) is 7.30. The van der Waals surface area contributed by atoms with Crippen LogP contribution < -0.4 is 4.74 Å². The van der Waals surface area contributed by atoms with Crippen molar-refractivity contribution < 1.29 is 19.1 Å². The standard InChI is InChI=1S/C24H28N2O4/c1-29-21-12-7-6-11-20(21)24(28)26-16-14-18(9-4-3-5-13-22(27)30-2)23(26)19-10-8-15-25-17-19/h3-4,6-8,10-12,15,17-18,23H,5,9,13-14,16H2,1-2H3/t18-,23+/m1/s1. The molecule has 1 amide bonds. The molecule has 2 heterocycles. The molecule has 0 spiro atoms. The number of ether oxygens (including phenoxy) is 2. The van der Waals surface area contributed by atoms with E-state index in [0.717, 1.165) is 18.4 Å². The lowest BCUT2D eigenvalue weighted by atomic mass is 9.91. The van der Waals surface area contributed by atoms with E-state index in [2.05, 4.69) is 15.8 Å². The van der Waals surface area contributed by atoms with E-state index in [1.54, 1.807) is 13.3 Å². The number of rotatable bonds is 8. The summed E-state index contributed by atoms with van der Waals surface area (Å²) in [4.78, 5) is 30.9. The molecule has 6 nitrogen and oxygen atoms in total. The lowest BCUT2D eigenvalue weighted by Crippen LogP contribution is -2.32. The van der Waals surface area contributed by atoms with Crippen molar-refractivity contribution in [3.8, 4) is 5.75 Å². The molecule has 3 rings (SSSR count). The molecular weight excluding hydrogens is 380 g/mol. The number of hydrogen-bond donors (Lipinski definition) is 0. The second-order valence-corrected chi connectivity index (χ2v) is 7.30. The minimum atomic E-state index is -0.206. The number of carbonyl (C=O) groups is 2. The van der Waals surface area contributed by atoms with Gasteiger partial charge in [-0.2, -0.15) is 0 Å². The van der Waals surface area contributed by atoms with Crippen molar-refractivity contribution in [2.24, 2.45) is 5.92 Å². The average Bonchev–Trinajstić information content (AvgIpc) is 3.22. The molecule has 1 aliphatic rings. The number of allylic oxidation sites excluding steroid dienone is 2. The number of esters is 1. The molecular formula is C24H28N2O4. The van der Waals surface area contributed by atoms with Gasteiger partial charge in [-0.1, -0.05) is 30.4 Å². The molecule has 1 aromatic carbocycles. The lowest BCUT2D eigenvalue weighted by molar-refractivity contribution is -0.140. The third kappa shape index (κ3) is 5.06. The summed E-state index contributed by atoms with van der Waals surface area (Å²) in [5.41, 5.74) is 1.61. The monoisotopic (exact) mass is 408 g/mol. The molecule has 0 unspecified atom stereocenters. The Balaban J connectivity index is 1.78. The maximum Gasteiger partial charge on any atom is 0.305 e. The number of pyridine rings is 1. The summed E-state index contributed by atoms with van der Waals surface area (Å²) >= 11 is 0. The van der Waals surface area contributed by atoms with Gasteiger partial charge in [-0.25, -0.2) is 0 Å². The highest BCUT2D eigenvalue weighted by molar-refractivity contribution is 5.97. The minimum absolute atomic E-state index is 0.0292. The molecule has 1 saturated heterocycles. The molecule has 2 aromatic rings. The van der Waals surface area contributed by atoms with Crippen molar-refractivity contribution in [3.63, 3.8) is 0 Å². The Morgan fingerprint density at radius 2 is 2.00 bits per heavy atom. The van der Waals surface area contributed by atoms with Crippen LogP contribution in [0.15, 0.2) is 60.9 Å². The maximum absolute atomic E-state index is 13.4. The molecule has 0 N–H and O–H groups in total. The third-order valence-corrected chi connectivity index (χ3v) is 5.50. The van der Waals surface area contributed by atoms with Gasteiger partial charge in [-0.15, -0.1) is 0 Å². The van der Waals surface area contributed by atoms with Crippen molar-refractivity contribution in [2.75, 3.05) is 20.8 Å². The molecule has 0 saturated carbocycles. The fraction of sp³-hybridized carbons (Fsp3) is 0.375. The zero-order valence-electron chi connectivity index (χ0n) is 17.5. The molecule has 158 valence electrons. The number of likely N-dealkylation sites (tertiary alicyclic amines) is 1. The predicted molar refractivity (Wildman–Crippen MR) is 114 cm³/mol. The Bertz CT molecular complexity index is 882. The average molecular weight is 408 g/mol. The number of aromatic nitrogens is 1. The topological polar surface area (TPSA) is 68.7 Å². The maximum atomic E-state index is 13.4. The smallest absolute Gasteiger partial charge is 0.305 e. The summed E-state index contributed by atoms with van der Waals surface area (Å²) in [5.74, 6) is 0.627. The van der Waals surface area contributed by atoms with Crippen LogP contribution in [0.3, 0.4) is 0 Å². The van der Waals surface area contributed by atoms with E-state index in [1.165, 1.54) is 7.11 Å². The van der Waals surface area contributed by atoms with Crippen LogP contribution in [0.4, 0.5) is 0 Å². The quantitative estimate of drug-likeness (QED) is 0.484. The van der Waals surface area contributed by atoms with Gasteiger partial charge in [0.05, 0.1) is 25.8 Å². The zero-order valence-corrected chi connectivity index (χ0v) is 17.5. The first-order valence-electron chi connectivity index (χ1n) is 10.2. The van der Waals surface area contributed by atoms with Gasteiger partial charge in [0, 0.05) is 25.4 Å². The number of carbonyl (C=O) groups excluding carboxylic acids is 2. The lowest BCUT2D eigenvalue weighted by Gasteiger charge is -2.28. The SMILES string of the molecule is COC(=O)CCC=CC[C@@H]1CCN(C(=O)c2ccccc2OC)[C@@H]1c1cccnc1. The first kappa shape index (κ1) is 21.6. The Hall–Kier alpha value is -3.15. The van der Waals surface area contributed by atoms with Crippen LogP contribution in [0.2, 0.25) is 0 Å². The molecule has 1 aromatic heterocycles. The van der Waals surface area contributed by atoms with Crippen LogP contribution >= 0.6 is 0 Å². The number of hydrogen-bond acceptors (Lipinski definition) is 5. The van der Waals surface area contributed by atoms with Crippen LogP contribution in [0.1, 0.15) is 47.6 Å². The first-order chi connectivity index (χ1) is 14.7. The number of nitrogens with zero attached hydrogens (tertiary/aromatic N) is 2. The molecule has 0 bridgehead atoms. The highest BCUT2D eigenvalue weighted by Crippen LogP contribution is 2.40. The second kappa shape index (κ2) is 10.6. The van der Waals surface area contributed by atoms with Crippen molar-refractivity contribution >= 4 is 11.9 Å². The van der Waals surface area contributed by atoms with Crippen molar-refractivity contribution in [1.29, 1.82) is 0 Å². The van der Waals surface area contributed by atoms with Crippen LogP contribution in [0.5, 0.6) is 5.75 Å². The molecule has 1 aliphatic heterocycles. The van der Waals surface area contributed by atoms with Gasteiger partial charge in [-0.3, -0.25) is 14.6 Å². The van der Waals surface area contributed by atoms with Gasteiger partial charge in [0.2, 0.25) is 0 Å². The van der Waals surface area contributed by atoms with Gasteiger partial charge in [0.1, 0.15) is 5.75 Å². The van der Waals surface area contributed by atoms with Gasteiger partial charge in [-0.05, 0) is 48.9 Å². The van der Waals surface area contributed by atoms with E-state index >= 15 is 0 Å². The number of methoxy groups -OCH3 is 2. The summed E-state index contributed by atoms with van der Waals surface area (Å²) in [6.45, 7) is 0.678. The van der Waals surface area contributed by atoms with E-state index in [0.29, 0.717) is 30.7 Å². The van der Waals surface area contributed by atoms with Gasteiger partial charge < -0.3 is 14.4 Å². The summed E-state index contributed by atoms with van der Waals surface area (Å²) < 4.78 is 10.1. The van der Waals surface area contributed by atoms with Crippen LogP contribution in [-0.2, 0) is 9.53 Å². The molecule has 30 heavy (non-hydrogen) atoms. The predicted octanol–water partition coefficient (Wildman–Crippen LogP) is 4.19. The number of benzene rings is 1. The van der Waals surface area contributed by atoms with E-state index in [4.69, 9.17) is 4.74 Å². The van der Waals surface area contributed by atoms with E-state index in [9.17, 15) is 9.59 Å². The van der Waals surface area contributed by atoms with E-state index < -0.39 is 0 Å².